The first-order valence-corrected chi connectivity index (χ1v) is 10.6. The summed E-state index contributed by atoms with van der Waals surface area (Å²) in [5.74, 6) is 0.777. The monoisotopic (exact) mass is 490 g/mol. The van der Waals surface area contributed by atoms with Crippen LogP contribution < -0.4 is 4.74 Å². The van der Waals surface area contributed by atoms with Crippen LogP contribution in [-0.2, 0) is 29.0 Å². The minimum atomic E-state index is -4.44. The van der Waals surface area contributed by atoms with E-state index in [0.29, 0.717) is 31.0 Å². The standard InChI is InChI=1S/C22H21F3N6O4/c1-32-6-5-30-9-13-7-17-20(21-27-18(35-29-21)10-34-11-22(23,24)25)26-12-31(17)16-4-3-14(33-2)8-15(16)19(13)28-30/h3-4,8-9,12H,5-7,10-11H2,1-2H3. The molecule has 184 valence electrons. The fourth-order valence-corrected chi connectivity index (χ4v) is 3.94. The molecule has 0 saturated carbocycles. The molecule has 1 aromatic carbocycles. The number of hydrogen-bond donors (Lipinski definition) is 0. The molecule has 0 amide bonds. The molecule has 0 aliphatic carbocycles. The van der Waals surface area contributed by atoms with Crippen molar-refractivity contribution < 1.29 is 31.9 Å². The third-order valence-electron chi connectivity index (χ3n) is 5.48. The van der Waals surface area contributed by atoms with Crippen LogP contribution in [0.1, 0.15) is 17.1 Å². The number of hydrogen-bond acceptors (Lipinski definition) is 8. The van der Waals surface area contributed by atoms with Crippen molar-refractivity contribution in [3.05, 3.63) is 47.9 Å². The van der Waals surface area contributed by atoms with E-state index in [4.69, 9.17) is 19.1 Å². The molecule has 3 aromatic heterocycles. The number of benzene rings is 1. The lowest BCUT2D eigenvalue weighted by Crippen LogP contribution is -2.16. The van der Waals surface area contributed by atoms with E-state index in [-0.39, 0.29) is 11.7 Å². The topological polar surface area (TPSA) is 102 Å². The van der Waals surface area contributed by atoms with Gasteiger partial charge in [0.05, 0.1) is 37.3 Å². The number of imidazole rings is 1. The van der Waals surface area contributed by atoms with E-state index in [0.717, 1.165) is 28.2 Å². The van der Waals surface area contributed by atoms with Crippen LogP contribution in [0.2, 0.25) is 0 Å². The molecule has 4 heterocycles. The first-order valence-electron chi connectivity index (χ1n) is 10.6. The molecule has 4 aromatic rings. The molecule has 0 fully saturated rings. The zero-order chi connectivity index (χ0) is 24.6. The van der Waals surface area contributed by atoms with E-state index in [1.807, 2.05) is 33.6 Å². The van der Waals surface area contributed by atoms with Crippen molar-refractivity contribution in [2.45, 2.75) is 25.7 Å². The third kappa shape index (κ3) is 4.64. The molecule has 0 unspecified atom stereocenters. The summed E-state index contributed by atoms with van der Waals surface area (Å²) in [5.41, 5.74) is 4.70. The second-order valence-electron chi connectivity index (χ2n) is 7.85. The molecule has 0 atom stereocenters. The van der Waals surface area contributed by atoms with E-state index in [2.05, 4.69) is 19.9 Å². The van der Waals surface area contributed by atoms with Gasteiger partial charge < -0.3 is 23.3 Å². The molecule has 0 N–H and O–H groups in total. The Morgan fingerprint density at radius 3 is 2.80 bits per heavy atom. The van der Waals surface area contributed by atoms with Gasteiger partial charge in [-0.3, -0.25) is 4.68 Å². The first kappa shape index (κ1) is 23.1. The van der Waals surface area contributed by atoms with E-state index >= 15 is 0 Å². The van der Waals surface area contributed by atoms with Gasteiger partial charge in [-0.05, 0) is 18.2 Å². The minimum absolute atomic E-state index is 0.0715. The smallest absolute Gasteiger partial charge is 0.411 e. The zero-order valence-corrected chi connectivity index (χ0v) is 18.9. The van der Waals surface area contributed by atoms with Gasteiger partial charge in [0.15, 0.2) is 0 Å². The predicted octanol–water partition coefficient (Wildman–Crippen LogP) is 3.42. The lowest BCUT2D eigenvalue weighted by Gasteiger charge is -2.11. The van der Waals surface area contributed by atoms with Gasteiger partial charge in [0, 0.05) is 30.9 Å². The van der Waals surface area contributed by atoms with Crippen LogP contribution in [-0.4, -0.2) is 63.1 Å². The van der Waals surface area contributed by atoms with Gasteiger partial charge in [0.2, 0.25) is 5.82 Å². The SMILES string of the molecule is COCCn1cc2c(n1)-c1cc(OC)ccc1-n1cnc(-c3noc(COCC(F)(F)F)n3)c1C2. The molecule has 13 heteroatoms. The molecule has 1 aliphatic heterocycles. The number of aromatic nitrogens is 6. The maximum absolute atomic E-state index is 12.3. The van der Waals surface area contributed by atoms with Crippen molar-refractivity contribution in [2.24, 2.45) is 0 Å². The van der Waals surface area contributed by atoms with E-state index in [1.165, 1.54) is 0 Å². The Morgan fingerprint density at radius 2 is 2.03 bits per heavy atom. The van der Waals surface area contributed by atoms with E-state index in [1.54, 1.807) is 20.5 Å². The summed E-state index contributed by atoms with van der Waals surface area (Å²) < 4.78 is 61.1. The number of methoxy groups -OCH3 is 2. The Balaban J connectivity index is 1.52. The highest BCUT2D eigenvalue weighted by atomic mass is 19.4. The van der Waals surface area contributed by atoms with Crippen LogP contribution in [0.15, 0.2) is 35.2 Å². The molecular formula is C22H21F3N6O4. The Labute approximate surface area is 197 Å². The Hall–Kier alpha value is -3.71. The molecule has 0 saturated heterocycles. The maximum Gasteiger partial charge on any atom is 0.411 e. The van der Waals surface area contributed by atoms with Gasteiger partial charge in [-0.2, -0.15) is 23.3 Å². The largest absolute Gasteiger partial charge is 0.497 e. The number of nitrogens with zero attached hydrogens (tertiary/aromatic N) is 6. The van der Waals surface area contributed by atoms with E-state index < -0.39 is 19.4 Å². The maximum atomic E-state index is 12.3. The first-order chi connectivity index (χ1) is 16.9. The van der Waals surface area contributed by atoms with Crippen molar-refractivity contribution in [3.63, 3.8) is 0 Å². The average molecular weight is 490 g/mol. The second kappa shape index (κ2) is 9.15. The number of rotatable bonds is 8. The van der Waals surface area contributed by atoms with Gasteiger partial charge >= 0.3 is 6.18 Å². The van der Waals surface area contributed by atoms with Crippen LogP contribution in [0.5, 0.6) is 5.75 Å². The van der Waals surface area contributed by atoms with Gasteiger partial charge in [0.1, 0.15) is 31.0 Å². The van der Waals surface area contributed by atoms with E-state index in [9.17, 15) is 13.2 Å². The van der Waals surface area contributed by atoms with Crippen LogP contribution in [0.3, 0.4) is 0 Å². The highest BCUT2D eigenvalue weighted by Crippen LogP contribution is 2.38. The quantitative estimate of drug-likeness (QED) is 0.326. The van der Waals surface area contributed by atoms with Crippen LogP contribution in [0.25, 0.3) is 28.5 Å². The number of fused-ring (bicyclic) bond motifs is 5. The molecule has 35 heavy (non-hydrogen) atoms. The van der Waals surface area contributed by atoms with Crippen LogP contribution in [0, 0.1) is 0 Å². The second-order valence-corrected chi connectivity index (χ2v) is 7.85. The van der Waals surface area contributed by atoms with Crippen LogP contribution in [0.4, 0.5) is 13.2 Å². The number of alkyl halides is 3. The molecular weight excluding hydrogens is 469 g/mol. The van der Waals surface area contributed by atoms with Gasteiger partial charge in [-0.1, -0.05) is 5.16 Å². The highest BCUT2D eigenvalue weighted by molar-refractivity contribution is 5.77. The third-order valence-corrected chi connectivity index (χ3v) is 5.48. The Kier molecular flexibility index (Phi) is 6.03. The molecule has 0 radical (unpaired) electrons. The minimum Gasteiger partial charge on any atom is -0.497 e. The van der Waals surface area contributed by atoms with Crippen molar-refractivity contribution >= 4 is 0 Å². The summed E-state index contributed by atoms with van der Waals surface area (Å²) in [6.07, 6.45) is -0.373. The highest BCUT2D eigenvalue weighted by Gasteiger charge is 2.29. The summed E-state index contributed by atoms with van der Waals surface area (Å²) in [4.78, 5) is 8.68. The van der Waals surface area contributed by atoms with Crippen LogP contribution >= 0.6 is 0 Å². The van der Waals surface area contributed by atoms with Gasteiger partial charge in [-0.25, -0.2) is 4.98 Å². The number of halogens is 3. The van der Waals surface area contributed by atoms with Gasteiger partial charge in [-0.15, -0.1) is 0 Å². The summed E-state index contributed by atoms with van der Waals surface area (Å²) >= 11 is 0. The molecule has 0 spiro atoms. The predicted molar refractivity (Wildman–Crippen MR) is 115 cm³/mol. The Bertz CT molecular complexity index is 1340. The Morgan fingerprint density at radius 1 is 1.17 bits per heavy atom. The summed E-state index contributed by atoms with van der Waals surface area (Å²) in [5, 5.41) is 8.69. The molecule has 1 aliphatic rings. The average Bonchev–Trinajstić information content (AvgIpc) is 3.54. The summed E-state index contributed by atoms with van der Waals surface area (Å²) in [6.45, 7) is -0.764. The number of ether oxygens (including phenoxy) is 3. The lowest BCUT2D eigenvalue weighted by molar-refractivity contribution is -0.178. The van der Waals surface area contributed by atoms with Gasteiger partial charge in [0.25, 0.3) is 5.89 Å². The lowest BCUT2D eigenvalue weighted by atomic mass is 10.0. The molecule has 10 nitrogen and oxygen atoms in total. The van der Waals surface area contributed by atoms with Crippen molar-refractivity contribution in [2.75, 3.05) is 27.4 Å². The fraction of sp³-hybridized carbons (Fsp3) is 0.364. The van der Waals surface area contributed by atoms with Crippen molar-refractivity contribution in [3.8, 4) is 34.2 Å². The van der Waals surface area contributed by atoms with Crippen molar-refractivity contribution in [1.29, 1.82) is 0 Å². The molecule has 0 bridgehead atoms. The summed E-state index contributed by atoms with van der Waals surface area (Å²) in [6, 6.07) is 5.68. The zero-order valence-electron chi connectivity index (χ0n) is 18.9. The fourth-order valence-electron chi connectivity index (χ4n) is 3.94. The van der Waals surface area contributed by atoms with Crippen molar-refractivity contribution in [1.82, 2.24) is 29.5 Å². The normalized spacial score (nSPS) is 12.7. The summed E-state index contributed by atoms with van der Waals surface area (Å²) in [7, 11) is 3.23. The molecule has 5 rings (SSSR count).